The highest BCUT2D eigenvalue weighted by molar-refractivity contribution is 7.07. The normalized spacial score (nSPS) is 16.9. The first-order chi connectivity index (χ1) is 8.27. The van der Waals surface area contributed by atoms with E-state index in [0.717, 1.165) is 18.4 Å². The Morgan fingerprint density at radius 3 is 3.18 bits per heavy atom. The van der Waals surface area contributed by atoms with Crippen LogP contribution in [0.15, 0.2) is 28.7 Å². The van der Waals surface area contributed by atoms with Crippen LogP contribution in [0.4, 0.5) is 0 Å². The number of ether oxygens (including phenoxy) is 1. The third-order valence-corrected chi connectivity index (χ3v) is 3.24. The van der Waals surface area contributed by atoms with E-state index in [0.29, 0.717) is 12.4 Å². The zero-order chi connectivity index (χ0) is 12.1. The van der Waals surface area contributed by atoms with Gasteiger partial charge in [-0.15, -0.1) is 0 Å². The van der Waals surface area contributed by atoms with E-state index in [1.54, 1.807) is 6.08 Å². The van der Waals surface area contributed by atoms with Crippen LogP contribution < -0.4 is 5.32 Å². The van der Waals surface area contributed by atoms with Gasteiger partial charge in [0.25, 0.3) is 5.91 Å². The molecule has 5 heteroatoms. The fourth-order valence-electron chi connectivity index (χ4n) is 1.57. The minimum Gasteiger partial charge on any atom is -0.488 e. The van der Waals surface area contributed by atoms with Gasteiger partial charge in [0.05, 0.1) is 12.7 Å². The summed E-state index contributed by atoms with van der Waals surface area (Å²) in [5.41, 5.74) is 0.828. The standard InChI is InChI=1S/C12H15NO3S/c14-10(9-4-6-17-8-9)7-13-12(15)11-3-1-2-5-16-11/h3-4,6,8,10,14H,1-2,5,7H2,(H,13,15)/t10-/m1/s1. The van der Waals surface area contributed by atoms with E-state index in [-0.39, 0.29) is 12.5 Å². The molecule has 2 N–H and O–H groups in total. The van der Waals surface area contributed by atoms with E-state index in [2.05, 4.69) is 5.32 Å². The summed E-state index contributed by atoms with van der Waals surface area (Å²) < 4.78 is 5.23. The minimum atomic E-state index is -0.658. The molecule has 2 rings (SSSR count). The fraction of sp³-hybridized carbons (Fsp3) is 0.417. The molecule has 0 spiro atoms. The molecule has 0 aromatic carbocycles. The van der Waals surface area contributed by atoms with Crippen molar-refractivity contribution in [3.63, 3.8) is 0 Å². The lowest BCUT2D eigenvalue weighted by atomic mass is 10.2. The maximum Gasteiger partial charge on any atom is 0.286 e. The van der Waals surface area contributed by atoms with Gasteiger partial charge in [0.2, 0.25) is 0 Å². The number of amides is 1. The van der Waals surface area contributed by atoms with Crippen LogP contribution in [0.2, 0.25) is 0 Å². The highest BCUT2D eigenvalue weighted by atomic mass is 32.1. The Balaban J connectivity index is 1.82. The van der Waals surface area contributed by atoms with Crippen LogP contribution in [-0.4, -0.2) is 24.2 Å². The van der Waals surface area contributed by atoms with Crippen LogP contribution in [0.5, 0.6) is 0 Å². The third-order valence-electron chi connectivity index (χ3n) is 2.54. The van der Waals surface area contributed by atoms with Gasteiger partial charge in [-0.3, -0.25) is 4.79 Å². The SMILES string of the molecule is O=C(NC[C@@H](O)c1ccsc1)C1=CCCCO1. The van der Waals surface area contributed by atoms with Crippen molar-refractivity contribution in [3.8, 4) is 0 Å². The van der Waals surface area contributed by atoms with Crippen molar-refractivity contribution in [3.05, 3.63) is 34.2 Å². The Morgan fingerprint density at radius 1 is 1.65 bits per heavy atom. The third kappa shape index (κ3) is 3.31. The summed E-state index contributed by atoms with van der Waals surface area (Å²) in [5.74, 6) is 0.118. The van der Waals surface area contributed by atoms with Gasteiger partial charge in [0.15, 0.2) is 5.76 Å². The Hall–Kier alpha value is -1.33. The van der Waals surface area contributed by atoms with E-state index in [1.807, 2.05) is 16.8 Å². The highest BCUT2D eigenvalue weighted by Gasteiger charge is 2.15. The second-order valence-electron chi connectivity index (χ2n) is 3.84. The molecule has 4 nitrogen and oxygen atoms in total. The van der Waals surface area contributed by atoms with Crippen molar-refractivity contribution in [2.24, 2.45) is 0 Å². The van der Waals surface area contributed by atoms with Crippen molar-refractivity contribution in [2.45, 2.75) is 18.9 Å². The van der Waals surface area contributed by atoms with Crippen molar-refractivity contribution in [1.82, 2.24) is 5.32 Å². The molecular weight excluding hydrogens is 238 g/mol. The summed E-state index contributed by atoms with van der Waals surface area (Å²) in [4.78, 5) is 11.7. The first kappa shape index (κ1) is 12.1. The molecule has 0 unspecified atom stereocenters. The molecule has 1 aliphatic heterocycles. The zero-order valence-corrected chi connectivity index (χ0v) is 10.2. The molecule has 2 heterocycles. The lowest BCUT2D eigenvalue weighted by Crippen LogP contribution is -2.31. The Kier molecular flexibility index (Phi) is 4.17. The average Bonchev–Trinajstić information content (AvgIpc) is 2.90. The Bertz CT molecular complexity index is 400. The molecule has 0 saturated carbocycles. The number of aliphatic hydroxyl groups is 1. The maximum atomic E-state index is 11.7. The van der Waals surface area contributed by atoms with Crippen LogP contribution in [0.3, 0.4) is 0 Å². The summed E-state index contributed by atoms with van der Waals surface area (Å²) in [6, 6.07) is 1.85. The number of carbonyl (C=O) groups excluding carboxylic acids is 1. The molecule has 0 saturated heterocycles. The number of thiophene rings is 1. The summed E-state index contributed by atoms with van der Waals surface area (Å²) in [6.07, 6.45) is 2.95. The molecule has 17 heavy (non-hydrogen) atoms. The predicted molar refractivity (Wildman–Crippen MR) is 65.6 cm³/mol. The molecule has 0 radical (unpaired) electrons. The smallest absolute Gasteiger partial charge is 0.286 e. The van der Waals surface area contributed by atoms with Crippen molar-refractivity contribution >= 4 is 17.2 Å². The predicted octanol–water partition coefficient (Wildman–Crippen LogP) is 1.59. The number of aliphatic hydroxyl groups excluding tert-OH is 1. The summed E-state index contributed by atoms with van der Waals surface area (Å²) in [7, 11) is 0. The molecule has 0 aliphatic carbocycles. The largest absolute Gasteiger partial charge is 0.488 e. The van der Waals surface area contributed by atoms with E-state index in [1.165, 1.54) is 11.3 Å². The molecular formula is C12H15NO3S. The van der Waals surface area contributed by atoms with Crippen LogP contribution >= 0.6 is 11.3 Å². The molecule has 0 bridgehead atoms. The van der Waals surface area contributed by atoms with E-state index in [4.69, 9.17) is 4.74 Å². The van der Waals surface area contributed by atoms with Crippen LogP contribution in [-0.2, 0) is 9.53 Å². The van der Waals surface area contributed by atoms with Gasteiger partial charge in [-0.2, -0.15) is 11.3 Å². The van der Waals surface area contributed by atoms with Gasteiger partial charge in [0, 0.05) is 6.54 Å². The van der Waals surface area contributed by atoms with Crippen molar-refractivity contribution in [1.29, 1.82) is 0 Å². The van der Waals surface area contributed by atoms with Gasteiger partial charge < -0.3 is 15.2 Å². The first-order valence-corrected chi connectivity index (χ1v) is 6.53. The van der Waals surface area contributed by atoms with Gasteiger partial charge in [-0.25, -0.2) is 0 Å². The Morgan fingerprint density at radius 2 is 2.53 bits per heavy atom. The maximum absolute atomic E-state index is 11.7. The van der Waals surface area contributed by atoms with E-state index in [9.17, 15) is 9.90 Å². The lowest BCUT2D eigenvalue weighted by Gasteiger charge is -2.15. The van der Waals surface area contributed by atoms with Gasteiger partial charge in [-0.05, 0) is 41.3 Å². The molecule has 1 amide bonds. The Labute approximate surface area is 104 Å². The van der Waals surface area contributed by atoms with Gasteiger partial charge in [-0.1, -0.05) is 0 Å². The van der Waals surface area contributed by atoms with Gasteiger partial charge in [0.1, 0.15) is 0 Å². The van der Waals surface area contributed by atoms with Crippen LogP contribution in [0.25, 0.3) is 0 Å². The topological polar surface area (TPSA) is 58.6 Å². The number of hydrogen-bond donors (Lipinski definition) is 2. The number of rotatable bonds is 4. The molecule has 1 aliphatic rings. The lowest BCUT2D eigenvalue weighted by molar-refractivity contribution is -0.121. The number of hydrogen-bond acceptors (Lipinski definition) is 4. The second-order valence-corrected chi connectivity index (χ2v) is 4.62. The monoisotopic (exact) mass is 253 g/mol. The fourth-order valence-corrected chi connectivity index (χ4v) is 2.28. The highest BCUT2D eigenvalue weighted by Crippen LogP contribution is 2.15. The quantitative estimate of drug-likeness (QED) is 0.856. The number of nitrogens with one attached hydrogen (secondary N) is 1. The molecule has 1 atom stereocenters. The second kappa shape index (κ2) is 5.84. The summed E-state index contributed by atoms with van der Waals surface area (Å²) in [5, 5.41) is 16.2. The number of allylic oxidation sites excluding steroid dienone is 1. The van der Waals surface area contributed by atoms with Crippen molar-refractivity contribution < 1.29 is 14.6 Å². The van der Waals surface area contributed by atoms with E-state index < -0.39 is 6.10 Å². The van der Waals surface area contributed by atoms with Crippen molar-refractivity contribution in [2.75, 3.05) is 13.2 Å². The molecule has 1 aromatic rings. The molecule has 1 aromatic heterocycles. The van der Waals surface area contributed by atoms with Gasteiger partial charge >= 0.3 is 0 Å². The van der Waals surface area contributed by atoms with E-state index >= 15 is 0 Å². The molecule has 92 valence electrons. The van der Waals surface area contributed by atoms with Crippen LogP contribution in [0.1, 0.15) is 24.5 Å². The first-order valence-electron chi connectivity index (χ1n) is 5.58. The number of carbonyl (C=O) groups is 1. The molecule has 0 fully saturated rings. The average molecular weight is 253 g/mol. The summed E-state index contributed by atoms with van der Waals surface area (Å²) in [6.45, 7) is 0.794. The zero-order valence-electron chi connectivity index (χ0n) is 9.39. The minimum absolute atomic E-state index is 0.205. The summed E-state index contributed by atoms with van der Waals surface area (Å²) >= 11 is 1.52. The van der Waals surface area contributed by atoms with Crippen LogP contribution in [0, 0.1) is 0 Å².